The molecule has 1 saturated heterocycles. The van der Waals surface area contributed by atoms with Crippen molar-refractivity contribution in [2.45, 2.75) is 89.1 Å². The number of hydrogen-bond donors (Lipinski definition) is 0. The van der Waals surface area contributed by atoms with Crippen LogP contribution in [0, 0.1) is 57.7 Å². The lowest BCUT2D eigenvalue weighted by Crippen LogP contribution is -2.42. The molecule has 0 nitrogen and oxygen atoms in total. The van der Waals surface area contributed by atoms with E-state index in [2.05, 4.69) is 32.5 Å². The van der Waals surface area contributed by atoms with Crippen LogP contribution in [-0.4, -0.2) is 10.5 Å². The summed E-state index contributed by atoms with van der Waals surface area (Å²) in [6.45, 7) is 8.29. The van der Waals surface area contributed by atoms with Crippen molar-refractivity contribution in [3.8, 4) is 0 Å². The van der Waals surface area contributed by atoms with Gasteiger partial charge >= 0.3 is 0 Å². The largest absolute Gasteiger partial charge is 0.154 e. The second kappa shape index (κ2) is 4.33. The Morgan fingerprint density at radius 2 is 1.56 bits per heavy atom. The van der Waals surface area contributed by atoms with Gasteiger partial charge in [-0.2, -0.15) is 11.8 Å². The number of thioether (sulfide) groups is 1. The van der Waals surface area contributed by atoms with Gasteiger partial charge in [0.05, 0.1) is 0 Å². The molecule has 7 fully saturated rings. The van der Waals surface area contributed by atoms with Crippen LogP contribution in [0.25, 0.3) is 0 Å². The Morgan fingerprint density at radius 3 is 2.40 bits per heavy atom. The molecule has 0 aromatic heterocycles. The van der Waals surface area contributed by atoms with Crippen molar-refractivity contribution >= 4 is 11.8 Å². The molecular weight excluding hydrogens is 320 g/mol. The highest BCUT2D eigenvalue weighted by Gasteiger charge is 2.74. The first-order valence-corrected chi connectivity index (χ1v) is 12.5. The molecule has 7 rings (SSSR count). The zero-order valence-corrected chi connectivity index (χ0v) is 17.3. The van der Waals surface area contributed by atoms with Gasteiger partial charge in [0.25, 0.3) is 0 Å². The highest BCUT2D eigenvalue weighted by atomic mass is 32.2. The molecule has 1 heterocycles. The van der Waals surface area contributed by atoms with Crippen LogP contribution in [0.1, 0.15) is 78.6 Å². The minimum Gasteiger partial charge on any atom is -0.154 e. The predicted octanol–water partition coefficient (Wildman–Crippen LogP) is 6.40. The molecular formula is C24H36S. The summed E-state index contributed by atoms with van der Waals surface area (Å²) in [5.74, 6) is 7.78. The lowest BCUT2D eigenvalue weighted by molar-refractivity contribution is 0.00308. The molecule has 12 atom stereocenters. The van der Waals surface area contributed by atoms with Gasteiger partial charge in [-0.25, -0.2) is 0 Å². The molecule has 12 unspecified atom stereocenters. The van der Waals surface area contributed by atoms with Gasteiger partial charge in [-0.1, -0.05) is 27.2 Å². The van der Waals surface area contributed by atoms with Gasteiger partial charge in [0.2, 0.25) is 0 Å². The number of rotatable bonds is 0. The summed E-state index contributed by atoms with van der Waals surface area (Å²) in [6, 6.07) is 0. The van der Waals surface area contributed by atoms with Gasteiger partial charge in [-0.3, -0.25) is 0 Å². The van der Waals surface area contributed by atoms with E-state index >= 15 is 0 Å². The van der Waals surface area contributed by atoms with Gasteiger partial charge < -0.3 is 0 Å². The van der Waals surface area contributed by atoms with Crippen molar-refractivity contribution < 1.29 is 0 Å². The molecule has 25 heavy (non-hydrogen) atoms. The number of fused-ring (bicyclic) bond motifs is 19. The van der Waals surface area contributed by atoms with E-state index in [9.17, 15) is 0 Å². The Morgan fingerprint density at radius 1 is 0.800 bits per heavy atom. The minimum absolute atomic E-state index is 0.698. The van der Waals surface area contributed by atoms with E-state index < -0.39 is 0 Å². The van der Waals surface area contributed by atoms with Crippen LogP contribution in [0.2, 0.25) is 0 Å². The molecule has 0 aromatic carbocycles. The third-order valence-electron chi connectivity index (χ3n) is 11.6. The minimum atomic E-state index is 0.698. The summed E-state index contributed by atoms with van der Waals surface area (Å²) in [4.78, 5) is 0. The third kappa shape index (κ3) is 1.56. The van der Waals surface area contributed by atoms with Gasteiger partial charge in [0.15, 0.2) is 0 Å². The van der Waals surface area contributed by atoms with E-state index in [1.165, 1.54) is 6.42 Å². The van der Waals surface area contributed by atoms with Crippen LogP contribution in [0.15, 0.2) is 0 Å². The maximum atomic E-state index is 2.83. The normalized spacial score (nSPS) is 71.9. The molecule has 0 amide bonds. The summed E-state index contributed by atoms with van der Waals surface area (Å²) in [7, 11) is 0. The van der Waals surface area contributed by atoms with Crippen LogP contribution >= 0.6 is 11.8 Å². The Kier molecular flexibility index (Phi) is 2.65. The van der Waals surface area contributed by atoms with Crippen molar-refractivity contribution in [2.24, 2.45) is 57.7 Å². The maximum absolute atomic E-state index is 2.83. The van der Waals surface area contributed by atoms with Crippen molar-refractivity contribution in [2.75, 3.05) is 0 Å². The molecule has 0 aromatic rings. The fourth-order valence-corrected chi connectivity index (χ4v) is 14.0. The molecule has 6 aliphatic carbocycles. The first kappa shape index (κ1) is 15.3. The fraction of sp³-hybridized carbons (Fsp3) is 1.00. The number of hydrogen-bond acceptors (Lipinski definition) is 1. The molecule has 8 bridgehead atoms. The molecule has 138 valence electrons. The average molecular weight is 357 g/mol. The second-order valence-electron chi connectivity index (χ2n) is 12.6. The summed E-state index contributed by atoms with van der Waals surface area (Å²) in [5, 5.41) is 2.09. The monoisotopic (exact) mass is 356 g/mol. The summed E-state index contributed by atoms with van der Waals surface area (Å²) in [6.07, 6.45) is 14.2. The quantitative estimate of drug-likeness (QED) is 0.453. The first-order chi connectivity index (χ1) is 11.9. The zero-order valence-electron chi connectivity index (χ0n) is 16.5. The Bertz CT molecular complexity index is 642. The first-order valence-electron chi connectivity index (χ1n) is 11.6. The SMILES string of the molecule is CC12CCCC(C)(C1)C1C2C2CC1C1(C)CC(S2)C2C3CCC(C3)C21. The molecule has 1 heteroatoms. The Hall–Kier alpha value is 0.350. The van der Waals surface area contributed by atoms with Gasteiger partial charge in [-0.05, 0) is 109 Å². The van der Waals surface area contributed by atoms with E-state index in [0.717, 1.165) is 51.9 Å². The highest BCUT2D eigenvalue weighted by molar-refractivity contribution is 8.00. The van der Waals surface area contributed by atoms with Gasteiger partial charge in [0.1, 0.15) is 0 Å². The topological polar surface area (TPSA) is 0 Å². The summed E-state index contributed by atoms with van der Waals surface area (Å²) < 4.78 is 0. The van der Waals surface area contributed by atoms with Crippen molar-refractivity contribution in [1.29, 1.82) is 0 Å². The van der Waals surface area contributed by atoms with Crippen molar-refractivity contribution in [3.05, 3.63) is 0 Å². The third-order valence-corrected chi connectivity index (χ3v) is 13.3. The second-order valence-corrected chi connectivity index (χ2v) is 14.1. The van der Waals surface area contributed by atoms with E-state index in [0.29, 0.717) is 16.2 Å². The van der Waals surface area contributed by atoms with Crippen LogP contribution in [0.4, 0.5) is 0 Å². The summed E-state index contributed by atoms with van der Waals surface area (Å²) in [5.41, 5.74) is 2.11. The molecule has 0 spiro atoms. The lowest BCUT2D eigenvalue weighted by atomic mass is 9.57. The predicted molar refractivity (Wildman–Crippen MR) is 105 cm³/mol. The van der Waals surface area contributed by atoms with Crippen LogP contribution in [0.5, 0.6) is 0 Å². The molecule has 0 radical (unpaired) electrons. The molecule has 0 N–H and O–H groups in total. The lowest BCUT2D eigenvalue weighted by Gasteiger charge is -2.48. The zero-order chi connectivity index (χ0) is 16.8. The van der Waals surface area contributed by atoms with E-state index in [4.69, 9.17) is 0 Å². The molecule has 6 saturated carbocycles. The van der Waals surface area contributed by atoms with Crippen molar-refractivity contribution in [3.63, 3.8) is 0 Å². The smallest absolute Gasteiger partial charge is 0.00893 e. The van der Waals surface area contributed by atoms with Gasteiger partial charge in [-0.15, -0.1) is 0 Å². The van der Waals surface area contributed by atoms with E-state index in [-0.39, 0.29) is 0 Å². The van der Waals surface area contributed by atoms with Crippen LogP contribution in [0.3, 0.4) is 0 Å². The van der Waals surface area contributed by atoms with Crippen LogP contribution < -0.4 is 0 Å². The van der Waals surface area contributed by atoms with Crippen molar-refractivity contribution in [1.82, 2.24) is 0 Å². The van der Waals surface area contributed by atoms with E-state index in [1.54, 1.807) is 51.4 Å². The highest BCUT2D eigenvalue weighted by Crippen LogP contribution is 2.80. The fourth-order valence-electron chi connectivity index (χ4n) is 11.5. The Labute approximate surface area is 158 Å². The average Bonchev–Trinajstić information content (AvgIpc) is 3.28. The van der Waals surface area contributed by atoms with Crippen LogP contribution in [-0.2, 0) is 0 Å². The summed E-state index contributed by atoms with van der Waals surface area (Å²) >= 11 is 2.57. The van der Waals surface area contributed by atoms with Gasteiger partial charge in [0, 0.05) is 10.5 Å². The Balaban J connectivity index is 1.38. The van der Waals surface area contributed by atoms with E-state index in [1.807, 2.05) is 0 Å². The maximum Gasteiger partial charge on any atom is 0.00893 e. The molecule has 7 aliphatic rings. The molecule has 1 aliphatic heterocycles. The standard InChI is InChI=1S/C24H36S/c1-22-7-4-8-23(2,12-22)21-16-10-15(20(21)22)24(3)11-17(25-16)18-13-5-6-14(9-13)19(18)24/h13-21H,4-12H2,1-3H3.